The molecule has 0 aromatic carbocycles. The average molecular weight is 245 g/mol. The first-order chi connectivity index (χ1) is 6.72. The predicted molar refractivity (Wildman–Crippen MR) is 48.9 cm³/mol. The number of alkyl halides is 2. The minimum atomic E-state index is -4.86. The molecule has 0 aromatic rings. The van der Waals surface area contributed by atoms with Gasteiger partial charge in [0, 0.05) is 0 Å². The van der Waals surface area contributed by atoms with Crippen LogP contribution in [0.25, 0.3) is 0 Å². The van der Waals surface area contributed by atoms with Crippen LogP contribution < -0.4 is 4.72 Å². The van der Waals surface area contributed by atoms with Crippen LogP contribution in [0.15, 0.2) is 0 Å². The number of carboxylic acid groups (broad SMARTS) is 1. The molecule has 0 saturated heterocycles. The van der Waals surface area contributed by atoms with Gasteiger partial charge in [0.2, 0.25) is 0 Å². The second kappa shape index (κ2) is 5.36. The van der Waals surface area contributed by atoms with Gasteiger partial charge in [-0.3, -0.25) is 4.79 Å². The molecule has 2 atom stereocenters. The molecule has 8 heteroatoms. The number of rotatable bonds is 6. The van der Waals surface area contributed by atoms with Crippen molar-refractivity contribution in [2.24, 2.45) is 5.92 Å². The normalized spacial score (nSPS) is 16.3. The molecule has 5 nitrogen and oxygen atoms in total. The van der Waals surface area contributed by atoms with Crippen LogP contribution in [0.5, 0.6) is 0 Å². The van der Waals surface area contributed by atoms with Crippen molar-refractivity contribution in [2.45, 2.75) is 32.1 Å². The van der Waals surface area contributed by atoms with E-state index in [-0.39, 0.29) is 0 Å². The van der Waals surface area contributed by atoms with Gasteiger partial charge in [-0.2, -0.15) is 13.5 Å². The minimum absolute atomic E-state index is 0.364. The van der Waals surface area contributed by atoms with Crippen LogP contribution in [0.1, 0.15) is 20.3 Å². The molecule has 0 radical (unpaired) electrons. The van der Waals surface area contributed by atoms with E-state index >= 15 is 0 Å². The number of hydrogen-bond donors (Lipinski definition) is 2. The summed E-state index contributed by atoms with van der Waals surface area (Å²) in [4.78, 5) is 10.6. The summed E-state index contributed by atoms with van der Waals surface area (Å²) < 4.78 is 46.9. The first kappa shape index (κ1) is 14.2. The highest BCUT2D eigenvalue weighted by Crippen LogP contribution is 2.11. The first-order valence-electron chi connectivity index (χ1n) is 4.24. The molecule has 0 spiro atoms. The zero-order valence-electron chi connectivity index (χ0n) is 8.28. The Bertz CT molecular complexity index is 317. The number of carboxylic acids is 1. The number of sulfonamides is 1. The fourth-order valence-corrected chi connectivity index (χ4v) is 1.66. The number of carbonyl (C=O) groups is 1. The molecular weight excluding hydrogens is 232 g/mol. The summed E-state index contributed by atoms with van der Waals surface area (Å²) in [6.07, 6.45) is 0.364. The number of nitrogens with one attached hydrogen (secondary N) is 1. The van der Waals surface area contributed by atoms with Crippen molar-refractivity contribution < 1.29 is 27.1 Å². The standard InChI is InChI=1S/C7H13F2NO4S/c1-3-4(2)5(6(11)12)10-15(13,14)7(8)9/h4-5,7,10H,3H2,1-2H3,(H,11,12)/t4?,5-/m0/s1. The van der Waals surface area contributed by atoms with Crippen LogP contribution in [0, 0.1) is 5.92 Å². The molecule has 0 heterocycles. The van der Waals surface area contributed by atoms with Gasteiger partial charge in [0.1, 0.15) is 6.04 Å². The Labute approximate surface area is 86.5 Å². The van der Waals surface area contributed by atoms with Crippen LogP contribution in [0.2, 0.25) is 0 Å². The topological polar surface area (TPSA) is 83.5 Å². The van der Waals surface area contributed by atoms with Gasteiger partial charge in [0.05, 0.1) is 0 Å². The van der Waals surface area contributed by atoms with Gasteiger partial charge < -0.3 is 5.11 Å². The third-order valence-electron chi connectivity index (χ3n) is 2.00. The molecule has 0 saturated carbocycles. The Morgan fingerprint density at radius 2 is 1.93 bits per heavy atom. The summed E-state index contributed by atoms with van der Waals surface area (Å²) >= 11 is 0. The highest BCUT2D eigenvalue weighted by Gasteiger charge is 2.33. The van der Waals surface area contributed by atoms with Crippen molar-refractivity contribution in [3.63, 3.8) is 0 Å². The third-order valence-corrected chi connectivity index (χ3v) is 3.06. The summed E-state index contributed by atoms with van der Waals surface area (Å²) in [5.41, 5.74) is 0. The lowest BCUT2D eigenvalue weighted by Gasteiger charge is -2.19. The van der Waals surface area contributed by atoms with Gasteiger partial charge >= 0.3 is 11.7 Å². The predicted octanol–water partition coefficient (Wildman–Crippen LogP) is 0.628. The largest absolute Gasteiger partial charge is 0.480 e. The van der Waals surface area contributed by atoms with Gasteiger partial charge in [0.25, 0.3) is 10.0 Å². The molecule has 1 unspecified atom stereocenters. The van der Waals surface area contributed by atoms with Gasteiger partial charge in [-0.1, -0.05) is 20.3 Å². The molecule has 90 valence electrons. The monoisotopic (exact) mass is 245 g/mol. The molecule has 0 bridgehead atoms. The van der Waals surface area contributed by atoms with E-state index in [4.69, 9.17) is 5.11 Å². The molecule has 2 N–H and O–H groups in total. The smallest absolute Gasteiger partial charge is 0.350 e. The molecule has 0 aliphatic heterocycles. The number of aliphatic carboxylic acids is 1. The van der Waals surface area contributed by atoms with E-state index < -0.39 is 33.7 Å². The maximum absolute atomic E-state index is 12.0. The maximum atomic E-state index is 12.0. The molecule has 0 rings (SSSR count). The molecule has 0 amide bonds. The van der Waals surface area contributed by atoms with Crippen molar-refractivity contribution in [3.8, 4) is 0 Å². The van der Waals surface area contributed by atoms with E-state index in [0.29, 0.717) is 6.42 Å². The van der Waals surface area contributed by atoms with Crippen molar-refractivity contribution in [1.29, 1.82) is 0 Å². The zero-order valence-corrected chi connectivity index (χ0v) is 9.09. The van der Waals surface area contributed by atoms with Crippen LogP contribution in [-0.4, -0.2) is 31.3 Å². The van der Waals surface area contributed by atoms with Crippen molar-refractivity contribution in [3.05, 3.63) is 0 Å². The molecular formula is C7H13F2NO4S. The fourth-order valence-electron chi connectivity index (χ4n) is 0.874. The minimum Gasteiger partial charge on any atom is -0.480 e. The fraction of sp³-hybridized carbons (Fsp3) is 0.857. The van der Waals surface area contributed by atoms with E-state index in [1.54, 1.807) is 6.92 Å². The van der Waals surface area contributed by atoms with E-state index in [2.05, 4.69) is 0 Å². The van der Waals surface area contributed by atoms with Crippen molar-refractivity contribution in [2.75, 3.05) is 0 Å². The summed E-state index contributed by atoms with van der Waals surface area (Å²) in [6.45, 7) is 3.10. The van der Waals surface area contributed by atoms with Gasteiger partial charge in [-0.15, -0.1) is 0 Å². The summed E-state index contributed by atoms with van der Waals surface area (Å²) in [5.74, 6) is -5.65. The lowest BCUT2D eigenvalue weighted by atomic mass is 10.0. The molecule has 0 aromatic heterocycles. The van der Waals surface area contributed by atoms with Gasteiger partial charge in [-0.25, -0.2) is 8.42 Å². The Morgan fingerprint density at radius 3 is 2.20 bits per heavy atom. The van der Waals surface area contributed by atoms with Gasteiger partial charge in [-0.05, 0) is 5.92 Å². The second-order valence-corrected chi connectivity index (χ2v) is 4.81. The highest BCUT2D eigenvalue weighted by atomic mass is 32.2. The third kappa shape index (κ3) is 4.08. The van der Waals surface area contributed by atoms with Gasteiger partial charge in [0.15, 0.2) is 0 Å². The van der Waals surface area contributed by atoms with Crippen LogP contribution in [0.4, 0.5) is 8.78 Å². The Morgan fingerprint density at radius 1 is 1.47 bits per heavy atom. The molecule has 0 fully saturated rings. The summed E-state index contributed by atoms with van der Waals surface area (Å²) in [5, 5.41) is 8.65. The number of hydrogen-bond acceptors (Lipinski definition) is 3. The Hall–Kier alpha value is -0.760. The Balaban J connectivity index is 4.78. The average Bonchev–Trinajstić information content (AvgIpc) is 2.12. The van der Waals surface area contributed by atoms with E-state index in [1.165, 1.54) is 11.6 Å². The molecule has 0 aliphatic rings. The van der Waals surface area contributed by atoms with E-state index in [9.17, 15) is 22.0 Å². The SMILES string of the molecule is CCC(C)[C@H](NS(=O)(=O)C(F)F)C(=O)O. The quantitative estimate of drug-likeness (QED) is 0.718. The van der Waals surface area contributed by atoms with E-state index in [1.807, 2.05) is 0 Å². The zero-order chi connectivity index (χ0) is 12.2. The first-order valence-corrected chi connectivity index (χ1v) is 5.79. The van der Waals surface area contributed by atoms with Crippen LogP contribution >= 0.6 is 0 Å². The summed E-state index contributed by atoms with van der Waals surface area (Å²) in [7, 11) is -4.86. The second-order valence-electron chi connectivity index (χ2n) is 3.12. The van der Waals surface area contributed by atoms with E-state index in [0.717, 1.165) is 0 Å². The Kier molecular flexibility index (Phi) is 5.09. The maximum Gasteiger partial charge on any atom is 0.350 e. The molecule has 15 heavy (non-hydrogen) atoms. The highest BCUT2D eigenvalue weighted by molar-refractivity contribution is 7.89. The molecule has 0 aliphatic carbocycles. The lowest BCUT2D eigenvalue weighted by Crippen LogP contribution is -2.46. The van der Waals surface area contributed by atoms with Crippen LogP contribution in [0.3, 0.4) is 0 Å². The van der Waals surface area contributed by atoms with Crippen LogP contribution in [-0.2, 0) is 14.8 Å². The summed E-state index contributed by atoms with van der Waals surface area (Å²) in [6, 6.07) is -1.52. The van der Waals surface area contributed by atoms with Crippen molar-refractivity contribution in [1.82, 2.24) is 4.72 Å². The van der Waals surface area contributed by atoms with Crippen molar-refractivity contribution >= 4 is 16.0 Å². The lowest BCUT2D eigenvalue weighted by molar-refractivity contribution is -0.140. The number of halogens is 2.